The summed E-state index contributed by atoms with van der Waals surface area (Å²) in [6.07, 6.45) is 0. The molecule has 3 aromatic rings. The third-order valence-corrected chi connectivity index (χ3v) is 4.60. The second-order valence-corrected chi connectivity index (χ2v) is 5.81. The molecule has 17 heavy (non-hydrogen) atoms. The highest BCUT2D eigenvalue weighted by atomic mass is 35.5. The molecule has 0 unspecified atom stereocenters. The highest BCUT2D eigenvalue weighted by molar-refractivity contribution is 7.17. The topological polar surface area (TPSA) is 38.7 Å². The number of fused-ring (bicyclic) bond motifs is 1. The number of thiophene rings is 1. The first kappa shape index (κ1) is 11.1. The number of thiazole rings is 1. The molecule has 0 spiro atoms. The van der Waals surface area contributed by atoms with Crippen LogP contribution in [0.4, 0.5) is 0 Å². The fourth-order valence-electron chi connectivity index (χ4n) is 1.59. The minimum Gasteiger partial charge on any atom is -0.238 e. The maximum Gasteiger partial charge on any atom is 0.191 e. The van der Waals surface area contributed by atoms with E-state index in [4.69, 9.17) is 11.6 Å². The van der Waals surface area contributed by atoms with E-state index >= 15 is 0 Å². The number of halogens is 1. The molecule has 0 atom stereocenters. The van der Waals surface area contributed by atoms with Gasteiger partial charge in [0.15, 0.2) is 10.8 Å². The Hall–Kier alpha value is -1.04. The van der Waals surface area contributed by atoms with E-state index in [1.807, 2.05) is 24.6 Å². The standard InChI is InChI=1S/C11H8ClN3S2/c1-5-3-16-10-7(5)8(12)14-9(15-10)11-13-6(2)4-17-11/h3-4H,1-2H3. The lowest BCUT2D eigenvalue weighted by Gasteiger charge is -1.98. The smallest absolute Gasteiger partial charge is 0.191 e. The van der Waals surface area contributed by atoms with Gasteiger partial charge in [-0.25, -0.2) is 15.0 Å². The Bertz CT molecular complexity index is 702. The molecule has 3 nitrogen and oxygen atoms in total. The molecular weight excluding hydrogens is 274 g/mol. The van der Waals surface area contributed by atoms with Crippen molar-refractivity contribution < 1.29 is 0 Å². The Morgan fingerprint density at radius 3 is 2.59 bits per heavy atom. The van der Waals surface area contributed by atoms with Crippen molar-refractivity contribution in [2.45, 2.75) is 13.8 Å². The van der Waals surface area contributed by atoms with Crippen molar-refractivity contribution in [3.8, 4) is 10.8 Å². The molecule has 0 N–H and O–H groups in total. The van der Waals surface area contributed by atoms with Gasteiger partial charge in [-0.15, -0.1) is 22.7 Å². The first-order chi connectivity index (χ1) is 8.15. The predicted octanol–water partition coefficient (Wildman–Crippen LogP) is 4.09. The molecule has 0 saturated heterocycles. The van der Waals surface area contributed by atoms with Gasteiger partial charge in [-0.2, -0.15) is 0 Å². The summed E-state index contributed by atoms with van der Waals surface area (Å²) in [7, 11) is 0. The quantitative estimate of drug-likeness (QED) is 0.631. The molecule has 0 radical (unpaired) electrons. The molecule has 3 rings (SSSR count). The van der Waals surface area contributed by atoms with E-state index in [-0.39, 0.29) is 0 Å². The van der Waals surface area contributed by atoms with Gasteiger partial charge in [0, 0.05) is 11.1 Å². The summed E-state index contributed by atoms with van der Waals surface area (Å²) in [4.78, 5) is 14.1. The lowest BCUT2D eigenvalue weighted by molar-refractivity contribution is 1.18. The molecule has 6 heteroatoms. The first-order valence-corrected chi connectivity index (χ1v) is 7.12. The van der Waals surface area contributed by atoms with Gasteiger partial charge in [0.2, 0.25) is 0 Å². The van der Waals surface area contributed by atoms with E-state index in [0.29, 0.717) is 11.0 Å². The molecule has 0 aromatic carbocycles. The molecular formula is C11H8ClN3S2. The maximum absolute atomic E-state index is 6.20. The zero-order chi connectivity index (χ0) is 12.0. The van der Waals surface area contributed by atoms with Gasteiger partial charge in [0.1, 0.15) is 9.98 Å². The number of rotatable bonds is 1. The fraction of sp³-hybridized carbons (Fsp3) is 0.182. The first-order valence-electron chi connectivity index (χ1n) is 4.99. The summed E-state index contributed by atoms with van der Waals surface area (Å²) in [5.41, 5.74) is 2.10. The van der Waals surface area contributed by atoms with Crippen LogP contribution in [0.5, 0.6) is 0 Å². The van der Waals surface area contributed by atoms with Gasteiger partial charge < -0.3 is 0 Å². The highest BCUT2D eigenvalue weighted by Gasteiger charge is 2.13. The number of nitrogens with zero attached hydrogens (tertiary/aromatic N) is 3. The van der Waals surface area contributed by atoms with Crippen molar-refractivity contribution in [3.05, 3.63) is 27.2 Å². The van der Waals surface area contributed by atoms with E-state index in [9.17, 15) is 0 Å². The fourth-order valence-corrected chi connectivity index (χ4v) is 3.61. The molecule has 0 aliphatic carbocycles. The Morgan fingerprint density at radius 1 is 1.06 bits per heavy atom. The third-order valence-electron chi connectivity index (χ3n) is 2.38. The van der Waals surface area contributed by atoms with Crippen LogP contribution in [0.2, 0.25) is 5.15 Å². The number of hydrogen-bond acceptors (Lipinski definition) is 5. The lowest BCUT2D eigenvalue weighted by Crippen LogP contribution is -1.90. The van der Waals surface area contributed by atoms with Gasteiger partial charge in [-0.05, 0) is 24.8 Å². The van der Waals surface area contributed by atoms with Crippen LogP contribution in [0, 0.1) is 13.8 Å². The van der Waals surface area contributed by atoms with Gasteiger partial charge in [-0.1, -0.05) is 11.6 Å². The molecule has 0 amide bonds. The van der Waals surface area contributed by atoms with Crippen LogP contribution in [0.25, 0.3) is 21.0 Å². The zero-order valence-electron chi connectivity index (χ0n) is 9.19. The van der Waals surface area contributed by atoms with Gasteiger partial charge in [0.05, 0.1) is 5.39 Å². The van der Waals surface area contributed by atoms with E-state index in [2.05, 4.69) is 15.0 Å². The molecule has 0 bridgehead atoms. The third kappa shape index (κ3) is 1.84. The molecule has 3 heterocycles. The minimum absolute atomic E-state index is 0.511. The van der Waals surface area contributed by atoms with Crippen LogP contribution in [0.1, 0.15) is 11.3 Å². The van der Waals surface area contributed by atoms with Crippen molar-refractivity contribution in [2.75, 3.05) is 0 Å². The Morgan fingerprint density at radius 2 is 1.88 bits per heavy atom. The largest absolute Gasteiger partial charge is 0.238 e. The Kier molecular flexibility index (Phi) is 2.61. The average Bonchev–Trinajstić information content (AvgIpc) is 2.86. The number of hydrogen-bond donors (Lipinski definition) is 0. The molecule has 0 saturated carbocycles. The highest BCUT2D eigenvalue weighted by Crippen LogP contribution is 2.32. The molecule has 0 aliphatic rings. The second kappa shape index (κ2) is 4.01. The van der Waals surface area contributed by atoms with Gasteiger partial charge >= 0.3 is 0 Å². The number of aryl methyl sites for hydroxylation is 2. The minimum atomic E-state index is 0.511. The molecule has 3 aromatic heterocycles. The summed E-state index contributed by atoms with van der Waals surface area (Å²) in [6.45, 7) is 3.97. The normalized spacial score (nSPS) is 11.2. The SMILES string of the molecule is Cc1csc(-c2nc(Cl)c3c(C)csc3n2)n1. The van der Waals surface area contributed by atoms with Crippen LogP contribution in [0.3, 0.4) is 0 Å². The van der Waals surface area contributed by atoms with Crippen LogP contribution < -0.4 is 0 Å². The van der Waals surface area contributed by atoms with Crippen LogP contribution in [-0.2, 0) is 0 Å². The van der Waals surface area contributed by atoms with Crippen molar-refractivity contribution in [2.24, 2.45) is 0 Å². The summed E-state index contributed by atoms with van der Waals surface area (Å²) < 4.78 is 0. The van der Waals surface area contributed by atoms with E-state index in [0.717, 1.165) is 26.5 Å². The number of aromatic nitrogens is 3. The Balaban J connectivity index is 2.25. The maximum atomic E-state index is 6.20. The van der Waals surface area contributed by atoms with Gasteiger partial charge in [-0.3, -0.25) is 0 Å². The van der Waals surface area contributed by atoms with Crippen LogP contribution >= 0.6 is 34.3 Å². The Labute approximate surface area is 111 Å². The van der Waals surface area contributed by atoms with Crippen LogP contribution in [0.15, 0.2) is 10.8 Å². The summed E-state index contributed by atoms with van der Waals surface area (Å²) >= 11 is 9.32. The van der Waals surface area contributed by atoms with Crippen molar-refractivity contribution in [1.29, 1.82) is 0 Å². The summed E-state index contributed by atoms with van der Waals surface area (Å²) in [6, 6.07) is 0. The molecule has 86 valence electrons. The summed E-state index contributed by atoms with van der Waals surface area (Å²) in [5, 5.41) is 6.31. The second-order valence-electron chi connectivity index (χ2n) is 3.73. The van der Waals surface area contributed by atoms with Crippen molar-refractivity contribution in [3.63, 3.8) is 0 Å². The monoisotopic (exact) mass is 281 g/mol. The average molecular weight is 282 g/mol. The van der Waals surface area contributed by atoms with Gasteiger partial charge in [0.25, 0.3) is 0 Å². The predicted molar refractivity (Wildman–Crippen MR) is 73.0 cm³/mol. The van der Waals surface area contributed by atoms with E-state index in [1.54, 1.807) is 11.3 Å². The molecule has 0 aliphatic heterocycles. The lowest BCUT2D eigenvalue weighted by atomic mass is 10.3. The van der Waals surface area contributed by atoms with Crippen molar-refractivity contribution >= 4 is 44.5 Å². The zero-order valence-corrected chi connectivity index (χ0v) is 11.6. The van der Waals surface area contributed by atoms with Crippen LogP contribution in [-0.4, -0.2) is 15.0 Å². The van der Waals surface area contributed by atoms with Crippen molar-refractivity contribution in [1.82, 2.24) is 15.0 Å². The van der Waals surface area contributed by atoms with E-state index < -0.39 is 0 Å². The van der Waals surface area contributed by atoms with E-state index in [1.165, 1.54) is 11.3 Å². The summed E-state index contributed by atoms with van der Waals surface area (Å²) in [5.74, 6) is 0.613. The molecule has 0 fully saturated rings.